The number of aromatic nitrogens is 1. The number of ether oxygens (including phenoxy) is 1. The summed E-state index contributed by atoms with van der Waals surface area (Å²) >= 11 is 3.43. The summed E-state index contributed by atoms with van der Waals surface area (Å²) in [6, 6.07) is 2.02. The molecule has 1 fully saturated rings. The molecule has 20 heavy (non-hydrogen) atoms. The molecule has 1 aliphatic carbocycles. The van der Waals surface area contributed by atoms with Gasteiger partial charge in [-0.15, -0.1) is 0 Å². The van der Waals surface area contributed by atoms with Crippen molar-refractivity contribution in [2.75, 3.05) is 6.61 Å². The van der Waals surface area contributed by atoms with E-state index in [2.05, 4.69) is 27.8 Å². The number of aliphatic hydroxyl groups is 1. The molecule has 0 aromatic carbocycles. The van der Waals surface area contributed by atoms with Crippen molar-refractivity contribution < 1.29 is 9.84 Å². The summed E-state index contributed by atoms with van der Waals surface area (Å²) in [5, 5.41) is 10.7. The van der Waals surface area contributed by atoms with Crippen LogP contribution in [0.15, 0.2) is 22.9 Å². The lowest BCUT2D eigenvalue weighted by molar-refractivity contribution is -0.147. The zero-order valence-electron chi connectivity index (χ0n) is 12.3. The number of rotatable bonds is 5. The van der Waals surface area contributed by atoms with Gasteiger partial charge in [0.05, 0.1) is 11.7 Å². The molecule has 0 radical (unpaired) electrons. The second kappa shape index (κ2) is 7.01. The SMILES string of the molecule is CCOC1(C(O)Cc2cncc(Br)c2)CCCC(C)C1. The molecule has 1 heterocycles. The van der Waals surface area contributed by atoms with Crippen LogP contribution in [0.2, 0.25) is 0 Å². The van der Waals surface area contributed by atoms with Crippen molar-refractivity contribution >= 4 is 15.9 Å². The first kappa shape index (κ1) is 15.9. The van der Waals surface area contributed by atoms with Gasteiger partial charge in [-0.1, -0.05) is 19.8 Å². The maximum Gasteiger partial charge on any atom is 0.0945 e. The smallest absolute Gasteiger partial charge is 0.0945 e. The Morgan fingerprint density at radius 2 is 2.35 bits per heavy atom. The summed E-state index contributed by atoms with van der Waals surface area (Å²) in [4.78, 5) is 4.17. The van der Waals surface area contributed by atoms with Crippen molar-refractivity contribution in [3.05, 3.63) is 28.5 Å². The predicted molar refractivity (Wildman–Crippen MR) is 83.6 cm³/mol. The Morgan fingerprint density at radius 1 is 1.55 bits per heavy atom. The average Bonchev–Trinajstić information content (AvgIpc) is 2.39. The van der Waals surface area contributed by atoms with Crippen LogP contribution in [0.25, 0.3) is 0 Å². The third kappa shape index (κ3) is 3.80. The largest absolute Gasteiger partial charge is 0.390 e. The maximum absolute atomic E-state index is 10.7. The van der Waals surface area contributed by atoms with Crippen LogP contribution in [0, 0.1) is 5.92 Å². The molecule has 1 saturated carbocycles. The Labute approximate surface area is 129 Å². The van der Waals surface area contributed by atoms with Crippen molar-refractivity contribution in [3.63, 3.8) is 0 Å². The first-order chi connectivity index (χ1) is 9.55. The van der Waals surface area contributed by atoms with Crippen LogP contribution in [0.3, 0.4) is 0 Å². The number of nitrogens with zero attached hydrogens (tertiary/aromatic N) is 1. The zero-order chi connectivity index (χ0) is 14.6. The fraction of sp³-hybridized carbons (Fsp3) is 0.688. The van der Waals surface area contributed by atoms with E-state index in [1.807, 2.05) is 19.2 Å². The molecule has 3 unspecified atom stereocenters. The summed E-state index contributed by atoms with van der Waals surface area (Å²) in [5.41, 5.74) is 0.665. The van der Waals surface area contributed by atoms with Gasteiger partial charge < -0.3 is 9.84 Å². The fourth-order valence-corrected chi connectivity index (χ4v) is 3.75. The molecule has 3 atom stereocenters. The van der Waals surface area contributed by atoms with Gasteiger partial charge in [-0.2, -0.15) is 0 Å². The lowest BCUT2D eigenvalue weighted by Crippen LogP contribution is -2.49. The molecule has 2 rings (SSSR count). The molecule has 0 aliphatic heterocycles. The lowest BCUT2D eigenvalue weighted by atomic mass is 9.74. The standard InChI is InChI=1S/C16H24BrNO2/c1-3-20-16(6-4-5-12(2)9-16)15(19)8-13-7-14(17)11-18-10-13/h7,10-12,15,19H,3-6,8-9H2,1-2H3. The molecular weight excluding hydrogens is 318 g/mol. The number of aliphatic hydroxyl groups excluding tert-OH is 1. The van der Waals surface area contributed by atoms with E-state index in [1.54, 1.807) is 6.20 Å². The Hall–Kier alpha value is -0.450. The highest BCUT2D eigenvalue weighted by atomic mass is 79.9. The number of halogens is 1. The topological polar surface area (TPSA) is 42.4 Å². The van der Waals surface area contributed by atoms with E-state index in [4.69, 9.17) is 4.74 Å². The quantitative estimate of drug-likeness (QED) is 0.887. The van der Waals surface area contributed by atoms with Gasteiger partial charge in [0.25, 0.3) is 0 Å². The van der Waals surface area contributed by atoms with Gasteiger partial charge in [-0.25, -0.2) is 0 Å². The van der Waals surface area contributed by atoms with Crippen LogP contribution in [-0.4, -0.2) is 28.4 Å². The van der Waals surface area contributed by atoms with Gasteiger partial charge in [0.2, 0.25) is 0 Å². The van der Waals surface area contributed by atoms with Crippen molar-refractivity contribution in [2.24, 2.45) is 5.92 Å². The van der Waals surface area contributed by atoms with E-state index in [0.717, 1.165) is 29.3 Å². The number of hydrogen-bond acceptors (Lipinski definition) is 3. The Balaban J connectivity index is 2.12. The monoisotopic (exact) mass is 341 g/mol. The van der Waals surface area contributed by atoms with E-state index in [0.29, 0.717) is 18.9 Å². The highest BCUT2D eigenvalue weighted by Crippen LogP contribution is 2.38. The summed E-state index contributed by atoms with van der Waals surface area (Å²) in [6.07, 6.45) is 7.98. The fourth-order valence-electron chi connectivity index (χ4n) is 3.34. The van der Waals surface area contributed by atoms with Crippen molar-refractivity contribution in [1.29, 1.82) is 0 Å². The number of hydrogen-bond donors (Lipinski definition) is 1. The molecular formula is C16H24BrNO2. The second-order valence-electron chi connectivity index (χ2n) is 5.93. The summed E-state index contributed by atoms with van der Waals surface area (Å²) < 4.78 is 6.97. The van der Waals surface area contributed by atoms with E-state index in [1.165, 1.54) is 6.42 Å². The Morgan fingerprint density at radius 3 is 3.00 bits per heavy atom. The van der Waals surface area contributed by atoms with E-state index in [9.17, 15) is 5.11 Å². The van der Waals surface area contributed by atoms with Gasteiger partial charge in [0.15, 0.2) is 0 Å². The van der Waals surface area contributed by atoms with Gasteiger partial charge in [-0.3, -0.25) is 4.98 Å². The molecule has 112 valence electrons. The van der Waals surface area contributed by atoms with E-state index in [-0.39, 0.29) is 5.60 Å². The van der Waals surface area contributed by atoms with Crippen LogP contribution in [0.5, 0.6) is 0 Å². The minimum absolute atomic E-state index is 0.380. The maximum atomic E-state index is 10.7. The van der Waals surface area contributed by atoms with Crippen molar-refractivity contribution in [1.82, 2.24) is 4.98 Å². The molecule has 4 heteroatoms. The molecule has 3 nitrogen and oxygen atoms in total. The zero-order valence-corrected chi connectivity index (χ0v) is 13.9. The third-order valence-electron chi connectivity index (χ3n) is 4.22. The molecule has 0 amide bonds. The normalized spacial score (nSPS) is 28.3. The molecule has 0 saturated heterocycles. The molecule has 1 aliphatic rings. The second-order valence-corrected chi connectivity index (χ2v) is 6.85. The Bertz CT molecular complexity index is 436. The van der Waals surface area contributed by atoms with Crippen LogP contribution in [0.4, 0.5) is 0 Å². The van der Waals surface area contributed by atoms with Gasteiger partial charge in [0.1, 0.15) is 0 Å². The summed E-state index contributed by atoms with van der Waals surface area (Å²) in [5.74, 6) is 0.616. The number of pyridine rings is 1. The molecule has 1 aromatic rings. The van der Waals surface area contributed by atoms with Crippen LogP contribution in [0.1, 0.15) is 45.1 Å². The third-order valence-corrected chi connectivity index (χ3v) is 4.65. The molecule has 1 N–H and O–H groups in total. The van der Waals surface area contributed by atoms with Crippen molar-refractivity contribution in [3.8, 4) is 0 Å². The highest BCUT2D eigenvalue weighted by molar-refractivity contribution is 9.10. The van der Waals surface area contributed by atoms with E-state index >= 15 is 0 Å². The van der Waals surface area contributed by atoms with Crippen LogP contribution < -0.4 is 0 Å². The van der Waals surface area contributed by atoms with Gasteiger partial charge >= 0.3 is 0 Å². The average molecular weight is 342 g/mol. The van der Waals surface area contributed by atoms with Crippen LogP contribution in [-0.2, 0) is 11.2 Å². The summed E-state index contributed by atoms with van der Waals surface area (Å²) in [6.45, 7) is 4.91. The molecule has 1 aromatic heterocycles. The summed E-state index contributed by atoms with van der Waals surface area (Å²) in [7, 11) is 0. The minimum Gasteiger partial charge on any atom is -0.390 e. The van der Waals surface area contributed by atoms with Crippen molar-refractivity contribution in [2.45, 2.75) is 57.7 Å². The van der Waals surface area contributed by atoms with E-state index < -0.39 is 6.10 Å². The highest BCUT2D eigenvalue weighted by Gasteiger charge is 2.41. The van der Waals surface area contributed by atoms with Gasteiger partial charge in [-0.05, 0) is 53.2 Å². The predicted octanol–water partition coefficient (Wildman–Crippen LogP) is 3.73. The Kier molecular flexibility index (Phi) is 5.58. The molecule has 0 spiro atoms. The van der Waals surface area contributed by atoms with Gasteiger partial charge in [0, 0.05) is 29.9 Å². The minimum atomic E-state index is -0.471. The first-order valence-corrected chi connectivity index (χ1v) is 8.26. The lowest BCUT2D eigenvalue weighted by Gasteiger charge is -2.43. The molecule has 0 bridgehead atoms. The first-order valence-electron chi connectivity index (χ1n) is 7.47. The van der Waals surface area contributed by atoms with Crippen LogP contribution >= 0.6 is 15.9 Å².